The molecule has 1 aromatic rings. The van der Waals surface area contributed by atoms with Crippen LogP contribution in [0.15, 0.2) is 28.7 Å². The summed E-state index contributed by atoms with van der Waals surface area (Å²) in [6.07, 6.45) is 1.00. The first kappa shape index (κ1) is 16.0. The van der Waals surface area contributed by atoms with E-state index in [0.717, 1.165) is 23.2 Å². The van der Waals surface area contributed by atoms with Gasteiger partial charge in [0.2, 0.25) is 0 Å². The lowest BCUT2D eigenvalue weighted by Crippen LogP contribution is -2.27. The van der Waals surface area contributed by atoms with E-state index in [1.54, 1.807) is 0 Å². The Labute approximate surface area is 123 Å². The minimum Gasteiger partial charge on any atom is -0.326 e. The first-order valence-electron chi connectivity index (χ1n) is 6.32. The fraction of sp³-hybridized carbons (Fsp3) is 0.571. The van der Waals surface area contributed by atoms with Crippen LogP contribution >= 0.6 is 27.7 Å². The van der Waals surface area contributed by atoms with E-state index in [-0.39, 0.29) is 6.04 Å². The molecule has 2 N–H and O–H groups in total. The Hall–Kier alpha value is -0.0300. The third kappa shape index (κ3) is 4.92. The Morgan fingerprint density at radius 1 is 1.33 bits per heavy atom. The van der Waals surface area contributed by atoms with Crippen molar-refractivity contribution in [1.82, 2.24) is 4.90 Å². The molecular formula is C14H23BrN2S. The van der Waals surface area contributed by atoms with Gasteiger partial charge in [0.15, 0.2) is 0 Å². The molecule has 0 radical (unpaired) electrons. The molecular weight excluding hydrogens is 308 g/mol. The van der Waals surface area contributed by atoms with E-state index in [1.165, 1.54) is 5.56 Å². The molecule has 0 spiro atoms. The lowest BCUT2D eigenvalue weighted by molar-refractivity contribution is 0.437. The van der Waals surface area contributed by atoms with Gasteiger partial charge >= 0.3 is 0 Å². The van der Waals surface area contributed by atoms with Gasteiger partial charge < -0.3 is 10.6 Å². The van der Waals surface area contributed by atoms with Gasteiger partial charge in [0.1, 0.15) is 0 Å². The summed E-state index contributed by atoms with van der Waals surface area (Å²) in [5, 5.41) is 0.366. The highest BCUT2D eigenvalue weighted by molar-refractivity contribution is 9.10. The van der Waals surface area contributed by atoms with E-state index in [9.17, 15) is 0 Å². The van der Waals surface area contributed by atoms with Gasteiger partial charge in [-0.3, -0.25) is 0 Å². The maximum Gasteiger partial charge on any atom is 0.0459 e. The first-order chi connectivity index (χ1) is 8.56. The normalized spacial score (nSPS) is 14.8. The van der Waals surface area contributed by atoms with Crippen LogP contribution in [0.3, 0.4) is 0 Å². The highest BCUT2D eigenvalue weighted by Crippen LogP contribution is 2.36. The van der Waals surface area contributed by atoms with Crippen molar-refractivity contribution in [2.24, 2.45) is 5.73 Å². The van der Waals surface area contributed by atoms with E-state index >= 15 is 0 Å². The minimum atomic E-state index is 0.205. The van der Waals surface area contributed by atoms with Crippen LogP contribution in [0, 0.1) is 0 Å². The van der Waals surface area contributed by atoms with Crippen molar-refractivity contribution in [3.63, 3.8) is 0 Å². The first-order valence-corrected chi connectivity index (χ1v) is 8.16. The second kappa shape index (κ2) is 8.20. The molecule has 0 saturated carbocycles. The Morgan fingerprint density at radius 3 is 2.56 bits per heavy atom. The highest BCUT2D eigenvalue weighted by atomic mass is 79.9. The van der Waals surface area contributed by atoms with Crippen molar-refractivity contribution in [2.75, 3.05) is 26.4 Å². The van der Waals surface area contributed by atoms with Crippen molar-refractivity contribution in [3.05, 3.63) is 34.3 Å². The molecule has 1 aromatic carbocycles. The SMILES string of the molecule is CCC(N)C(SCCN(C)C)c1ccccc1Br. The number of halogens is 1. The monoisotopic (exact) mass is 330 g/mol. The molecule has 0 aromatic heterocycles. The minimum absolute atomic E-state index is 0.205. The summed E-state index contributed by atoms with van der Waals surface area (Å²) in [6, 6.07) is 8.61. The average molecular weight is 331 g/mol. The van der Waals surface area contributed by atoms with Crippen molar-refractivity contribution in [1.29, 1.82) is 0 Å². The predicted octanol–water partition coefficient (Wildman–Crippen LogP) is 3.52. The standard InChI is InChI=1S/C14H23BrN2S/c1-4-13(16)14(18-10-9-17(2)3)11-7-5-6-8-12(11)15/h5-8,13-14H,4,9-10,16H2,1-3H3. The average Bonchev–Trinajstić information content (AvgIpc) is 2.35. The number of hydrogen-bond donors (Lipinski definition) is 1. The smallest absolute Gasteiger partial charge is 0.0459 e. The van der Waals surface area contributed by atoms with Crippen LogP contribution in [0.4, 0.5) is 0 Å². The molecule has 0 amide bonds. The van der Waals surface area contributed by atoms with Crippen molar-refractivity contribution in [3.8, 4) is 0 Å². The van der Waals surface area contributed by atoms with Gasteiger partial charge in [0.05, 0.1) is 0 Å². The maximum atomic E-state index is 6.28. The summed E-state index contributed by atoms with van der Waals surface area (Å²) in [4.78, 5) is 2.21. The Morgan fingerprint density at radius 2 is 2.00 bits per heavy atom. The molecule has 0 aliphatic heterocycles. The molecule has 0 fully saturated rings. The van der Waals surface area contributed by atoms with E-state index in [4.69, 9.17) is 5.73 Å². The summed E-state index contributed by atoms with van der Waals surface area (Å²) >= 11 is 5.59. The molecule has 2 unspecified atom stereocenters. The zero-order valence-corrected chi connectivity index (χ0v) is 13.8. The predicted molar refractivity (Wildman–Crippen MR) is 86.2 cm³/mol. The number of benzene rings is 1. The van der Waals surface area contributed by atoms with E-state index < -0.39 is 0 Å². The molecule has 0 aliphatic carbocycles. The van der Waals surface area contributed by atoms with Crippen LogP contribution in [0.2, 0.25) is 0 Å². The Kier molecular flexibility index (Phi) is 7.30. The fourth-order valence-corrected chi connectivity index (χ4v) is 3.96. The highest BCUT2D eigenvalue weighted by Gasteiger charge is 2.20. The number of hydrogen-bond acceptors (Lipinski definition) is 3. The second-order valence-electron chi connectivity index (χ2n) is 4.69. The third-order valence-corrected chi connectivity index (χ3v) is 5.01. The zero-order chi connectivity index (χ0) is 13.5. The van der Waals surface area contributed by atoms with Crippen LogP contribution in [-0.2, 0) is 0 Å². The largest absolute Gasteiger partial charge is 0.326 e. The number of nitrogens with two attached hydrogens (primary N) is 1. The summed E-state index contributed by atoms with van der Waals surface area (Å²) in [5.74, 6) is 1.10. The number of thioether (sulfide) groups is 1. The van der Waals surface area contributed by atoms with Crippen LogP contribution in [0.1, 0.15) is 24.2 Å². The summed E-state index contributed by atoms with van der Waals surface area (Å²) in [7, 11) is 4.21. The molecule has 2 atom stereocenters. The summed E-state index contributed by atoms with van der Waals surface area (Å²) < 4.78 is 1.16. The molecule has 102 valence electrons. The third-order valence-electron chi connectivity index (χ3n) is 2.91. The van der Waals surface area contributed by atoms with Gasteiger partial charge in [-0.25, -0.2) is 0 Å². The topological polar surface area (TPSA) is 29.3 Å². The van der Waals surface area contributed by atoms with Crippen LogP contribution < -0.4 is 5.73 Å². The lowest BCUT2D eigenvalue weighted by atomic mass is 10.0. The van der Waals surface area contributed by atoms with Gasteiger partial charge in [-0.1, -0.05) is 41.1 Å². The van der Waals surface area contributed by atoms with Gasteiger partial charge in [-0.05, 0) is 32.1 Å². The van der Waals surface area contributed by atoms with Crippen molar-refractivity contribution < 1.29 is 0 Å². The summed E-state index contributed by atoms with van der Waals surface area (Å²) in [5.41, 5.74) is 7.60. The molecule has 2 nitrogen and oxygen atoms in total. The van der Waals surface area contributed by atoms with E-state index in [1.807, 2.05) is 17.8 Å². The van der Waals surface area contributed by atoms with E-state index in [2.05, 4.69) is 60.0 Å². The molecule has 18 heavy (non-hydrogen) atoms. The second-order valence-corrected chi connectivity index (χ2v) is 6.79. The van der Waals surface area contributed by atoms with E-state index in [0.29, 0.717) is 5.25 Å². The number of nitrogens with zero attached hydrogens (tertiary/aromatic N) is 1. The molecule has 0 aliphatic rings. The molecule has 4 heteroatoms. The Bertz CT molecular complexity index is 357. The molecule has 1 rings (SSSR count). The molecule has 0 bridgehead atoms. The molecule has 0 saturated heterocycles. The zero-order valence-electron chi connectivity index (χ0n) is 11.4. The van der Waals surface area contributed by atoms with Gasteiger partial charge in [-0.15, -0.1) is 0 Å². The van der Waals surface area contributed by atoms with Crippen LogP contribution in [0.25, 0.3) is 0 Å². The van der Waals surface area contributed by atoms with Gasteiger partial charge in [-0.2, -0.15) is 11.8 Å². The Balaban J connectivity index is 2.75. The molecule has 0 heterocycles. The van der Waals surface area contributed by atoms with Crippen LogP contribution in [0.5, 0.6) is 0 Å². The van der Waals surface area contributed by atoms with Crippen molar-refractivity contribution in [2.45, 2.75) is 24.6 Å². The number of rotatable bonds is 7. The lowest BCUT2D eigenvalue weighted by Gasteiger charge is -2.24. The van der Waals surface area contributed by atoms with Crippen molar-refractivity contribution >= 4 is 27.7 Å². The van der Waals surface area contributed by atoms with Gasteiger partial charge in [0, 0.05) is 28.1 Å². The maximum absolute atomic E-state index is 6.28. The van der Waals surface area contributed by atoms with Gasteiger partial charge in [0.25, 0.3) is 0 Å². The van der Waals surface area contributed by atoms with Crippen LogP contribution in [-0.4, -0.2) is 37.3 Å². The quantitative estimate of drug-likeness (QED) is 0.829. The fourth-order valence-electron chi connectivity index (χ4n) is 1.73. The summed E-state index contributed by atoms with van der Waals surface area (Å²) in [6.45, 7) is 3.24.